The number of rotatable bonds is 1. The molecule has 124 valence electrons. The first kappa shape index (κ1) is 16.3. The number of ether oxygens (including phenoxy) is 1. The van der Waals surface area contributed by atoms with Gasteiger partial charge in [-0.05, 0) is 70.3 Å². The van der Waals surface area contributed by atoms with Crippen LogP contribution in [-0.2, 0) is 4.74 Å². The van der Waals surface area contributed by atoms with E-state index in [0.717, 1.165) is 25.7 Å². The van der Waals surface area contributed by atoms with E-state index in [0.29, 0.717) is 17.8 Å². The second-order valence-corrected chi connectivity index (χ2v) is 8.53. The molecule has 0 aromatic rings. The minimum Gasteiger partial charge on any atom is -0.388 e. The Kier molecular flexibility index (Phi) is 4.06. The zero-order valence-electron chi connectivity index (χ0n) is 14.9. The summed E-state index contributed by atoms with van der Waals surface area (Å²) in [4.78, 5) is 0. The van der Waals surface area contributed by atoms with Crippen molar-refractivity contribution in [3.63, 3.8) is 0 Å². The van der Waals surface area contributed by atoms with Crippen LogP contribution in [0.15, 0.2) is 23.3 Å². The number of aliphatic hydroxyl groups is 1. The van der Waals surface area contributed by atoms with E-state index < -0.39 is 0 Å². The van der Waals surface area contributed by atoms with Crippen molar-refractivity contribution in [3.05, 3.63) is 23.3 Å². The van der Waals surface area contributed by atoms with Gasteiger partial charge in [0.05, 0.1) is 17.3 Å². The van der Waals surface area contributed by atoms with Gasteiger partial charge in [0, 0.05) is 5.92 Å². The van der Waals surface area contributed by atoms with Crippen LogP contribution >= 0.6 is 0 Å². The van der Waals surface area contributed by atoms with E-state index in [1.165, 1.54) is 17.6 Å². The van der Waals surface area contributed by atoms with Gasteiger partial charge in [0.15, 0.2) is 0 Å². The van der Waals surface area contributed by atoms with Crippen molar-refractivity contribution in [1.82, 2.24) is 0 Å². The molecule has 3 rings (SSSR count). The van der Waals surface area contributed by atoms with E-state index in [9.17, 15) is 5.11 Å². The molecule has 1 saturated carbocycles. The van der Waals surface area contributed by atoms with Crippen LogP contribution in [0.5, 0.6) is 0 Å². The molecule has 2 heteroatoms. The van der Waals surface area contributed by atoms with Crippen LogP contribution in [0.1, 0.15) is 66.7 Å². The third-order valence-electron chi connectivity index (χ3n) is 6.41. The first-order valence-electron chi connectivity index (χ1n) is 9.01. The summed E-state index contributed by atoms with van der Waals surface area (Å²) in [7, 11) is 0. The molecule has 2 fully saturated rings. The summed E-state index contributed by atoms with van der Waals surface area (Å²) in [6, 6.07) is 0. The Bertz CT molecular complexity index is 504. The van der Waals surface area contributed by atoms with Crippen LogP contribution in [0.4, 0.5) is 0 Å². The van der Waals surface area contributed by atoms with E-state index in [4.69, 9.17) is 4.74 Å². The van der Waals surface area contributed by atoms with Crippen LogP contribution in [0.25, 0.3) is 0 Å². The maximum atomic E-state index is 10.7. The molecule has 3 aliphatic rings. The highest BCUT2D eigenvalue weighted by Gasteiger charge is 2.61. The number of hydrogen-bond donors (Lipinski definition) is 1. The number of aliphatic hydroxyl groups excluding tert-OH is 1. The summed E-state index contributed by atoms with van der Waals surface area (Å²) in [6.45, 7) is 11.2. The Hall–Kier alpha value is -0.600. The molecule has 0 amide bonds. The largest absolute Gasteiger partial charge is 0.388 e. The van der Waals surface area contributed by atoms with Crippen LogP contribution in [0, 0.1) is 17.8 Å². The van der Waals surface area contributed by atoms with Gasteiger partial charge >= 0.3 is 0 Å². The molecule has 0 radical (unpaired) electrons. The van der Waals surface area contributed by atoms with Crippen molar-refractivity contribution >= 4 is 0 Å². The summed E-state index contributed by atoms with van der Waals surface area (Å²) >= 11 is 0. The maximum Gasteiger partial charge on any atom is 0.0789 e. The van der Waals surface area contributed by atoms with Gasteiger partial charge in [-0.25, -0.2) is 0 Å². The lowest BCUT2D eigenvalue weighted by molar-refractivity contribution is -0.127. The molecule has 0 unspecified atom stereocenters. The van der Waals surface area contributed by atoms with Crippen LogP contribution in [-0.4, -0.2) is 22.4 Å². The lowest BCUT2D eigenvalue weighted by Crippen LogP contribution is -2.38. The quantitative estimate of drug-likeness (QED) is 0.715. The summed E-state index contributed by atoms with van der Waals surface area (Å²) in [5.41, 5.74) is 2.49. The molecule has 4 bridgehead atoms. The van der Waals surface area contributed by atoms with E-state index >= 15 is 0 Å². The number of allylic oxidation sites excluding steroid dienone is 1. The highest BCUT2D eigenvalue weighted by Crippen LogP contribution is 2.59. The predicted octanol–water partition coefficient (Wildman–Crippen LogP) is 4.63. The molecule has 1 saturated heterocycles. The molecule has 2 nitrogen and oxygen atoms in total. The van der Waals surface area contributed by atoms with Gasteiger partial charge < -0.3 is 9.84 Å². The highest BCUT2D eigenvalue weighted by atomic mass is 16.5. The monoisotopic (exact) mass is 304 g/mol. The molecule has 5 atom stereocenters. The minimum atomic E-state index is -0.343. The zero-order chi connectivity index (χ0) is 16.1. The van der Waals surface area contributed by atoms with Crippen LogP contribution < -0.4 is 0 Å². The van der Waals surface area contributed by atoms with Crippen molar-refractivity contribution in [2.45, 2.75) is 84.0 Å². The van der Waals surface area contributed by atoms with E-state index in [2.05, 4.69) is 46.8 Å². The summed E-state index contributed by atoms with van der Waals surface area (Å²) < 4.78 is 6.61. The Labute approximate surface area is 135 Å². The second-order valence-electron chi connectivity index (χ2n) is 8.53. The third-order valence-corrected chi connectivity index (χ3v) is 6.41. The Morgan fingerprint density at radius 3 is 2.64 bits per heavy atom. The molecule has 0 aromatic carbocycles. The molecule has 0 aromatic heterocycles. The molecular weight excluding hydrogens is 272 g/mol. The Morgan fingerprint density at radius 2 is 1.95 bits per heavy atom. The fraction of sp³-hybridized carbons (Fsp3) is 0.800. The average molecular weight is 304 g/mol. The zero-order valence-corrected chi connectivity index (χ0v) is 14.9. The maximum absolute atomic E-state index is 10.7. The van der Waals surface area contributed by atoms with Gasteiger partial charge in [-0.1, -0.05) is 31.6 Å². The first-order valence-corrected chi connectivity index (χ1v) is 9.01. The van der Waals surface area contributed by atoms with Gasteiger partial charge in [0.25, 0.3) is 0 Å². The smallest absolute Gasteiger partial charge is 0.0789 e. The Balaban J connectivity index is 2.04. The fourth-order valence-corrected chi connectivity index (χ4v) is 5.16. The van der Waals surface area contributed by atoms with Gasteiger partial charge in [-0.15, -0.1) is 0 Å². The molecule has 0 spiro atoms. The Morgan fingerprint density at radius 1 is 1.23 bits per heavy atom. The van der Waals surface area contributed by atoms with Crippen molar-refractivity contribution in [3.8, 4) is 0 Å². The van der Waals surface area contributed by atoms with Crippen molar-refractivity contribution < 1.29 is 9.84 Å². The molecule has 2 aliphatic carbocycles. The first-order chi connectivity index (χ1) is 10.3. The summed E-state index contributed by atoms with van der Waals surface area (Å²) in [5, 5.41) is 10.7. The van der Waals surface area contributed by atoms with Crippen molar-refractivity contribution in [2.75, 3.05) is 0 Å². The van der Waals surface area contributed by atoms with Gasteiger partial charge in [0.2, 0.25) is 0 Å². The van der Waals surface area contributed by atoms with E-state index in [-0.39, 0.29) is 17.3 Å². The number of hydrogen-bond acceptors (Lipinski definition) is 2. The van der Waals surface area contributed by atoms with Crippen molar-refractivity contribution in [2.24, 2.45) is 17.8 Å². The van der Waals surface area contributed by atoms with E-state index in [1.807, 2.05) is 0 Å². The lowest BCUT2D eigenvalue weighted by atomic mass is 9.78. The molecule has 22 heavy (non-hydrogen) atoms. The summed E-state index contributed by atoms with van der Waals surface area (Å²) in [5.74, 6) is 1.45. The molecule has 1 aliphatic heterocycles. The molecular formula is C20H32O2. The predicted molar refractivity (Wildman–Crippen MR) is 90.6 cm³/mol. The molecule has 1 heterocycles. The SMILES string of the molecule is CC1=CCC[C@@]2(C)O[C@@]3(C)CC[C@@H]2[C@@H]3C=C(C(C)C)[C@@H](O)C1. The van der Waals surface area contributed by atoms with E-state index in [1.54, 1.807) is 0 Å². The second kappa shape index (κ2) is 5.49. The van der Waals surface area contributed by atoms with Crippen LogP contribution in [0.2, 0.25) is 0 Å². The molecule has 1 N–H and O–H groups in total. The minimum absolute atomic E-state index is 0.00231. The van der Waals surface area contributed by atoms with Gasteiger partial charge in [0.1, 0.15) is 0 Å². The van der Waals surface area contributed by atoms with Crippen LogP contribution in [0.3, 0.4) is 0 Å². The lowest BCUT2D eigenvalue weighted by Gasteiger charge is -2.37. The highest BCUT2D eigenvalue weighted by molar-refractivity contribution is 5.24. The van der Waals surface area contributed by atoms with Gasteiger partial charge in [-0.3, -0.25) is 0 Å². The standard InChI is InChI=1S/C20H32O2/c1-13(2)15-12-17-16-8-10-20(17,5)22-19(16,4)9-6-7-14(3)11-18(15)21/h7,12-13,16-18,21H,6,8-11H2,1-5H3/t16-,17+,18+,19-,20+/m1/s1. The van der Waals surface area contributed by atoms with Gasteiger partial charge in [-0.2, -0.15) is 0 Å². The average Bonchev–Trinajstić information content (AvgIpc) is 2.80. The fourth-order valence-electron chi connectivity index (χ4n) is 5.16. The third kappa shape index (κ3) is 2.59. The topological polar surface area (TPSA) is 29.5 Å². The normalized spacial score (nSPS) is 45.5. The summed E-state index contributed by atoms with van der Waals surface area (Å²) in [6.07, 6.45) is 9.72. The van der Waals surface area contributed by atoms with Crippen molar-refractivity contribution in [1.29, 1.82) is 0 Å².